The number of nitrogens with zero attached hydrogens (tertiary/aromatic N) is 1. The van der Waals surface area contributed by atoms with Gasteiger partial charge in [-0.3, -0.25) is 9.89 Å². The molecule has 2 rings (SSSR count). The van der Waals surface area contributed by atoms with E-state index >= 15 is 0 Å². The van der Waals surface area contributed by atoms with Crippen LogP contribution in [0.5, 0.6) is 5.75 Å². The third kappa shape index (κ3) is 2.03. The molecule has 0 saturated heterocycles. The van der Waals surface area contributed by atoms with E-state index in [-0.39, 0.29) is 11.7 Å². The number of anilines is 1. The van der Waals surface area contributed by atoms with Crippen molar-refractivity contribution in [2.24, 2.45) is 0 Å². The number of amides is 1. The lowest BCUT2D eigenvalue weighted by Gasteiger charge is -2.04. The van der Waals surface area contributed by atoms with Gasteiger partial charge < -0.3 is 10.4 Å². The van der Waals surface area contributed by atoms with Gasteiger partial charge in [0.1, 0.15) is 11.6 Å². The molecule has 0 bridgehead atoms. The topological polar surface area (TPSA) is 78.0 Å². The quantitative estimate of drug-likeness (QED) is 0.716. The average molecular weight is 217 g/mol. The van der Waals surface area contributed by atoms with Crippen LogP contribution in [-0.4, -0.2) is 21.2 Å². The molecule has 3 N–H and O–H groups in total. The van der Waals surface area contributed by atoms with E-state index in [1.54, 1.807) is 31.3 Å². The van der Waals surface area contributed by atoms with Crippen LogP contribution in [0.4, 0.5) is 5.82 Å². The lowest BCUT2D eigenvalue weighted by molar-refractivity contribution is 0.102. The summed E-state index contributed by atoms with van der Waals surface area (Å²) in [5.41, 5.74) is 1.15. The second-order valence-corrected chi connectivity index (χ2v) is 3.43. The van der Waals surface area contributed by atoms with Gasteiger partial charge in [-0.25, -0.2) is 0 Å². The molecule has 5 heteroatoms. The number of aromatic hydroxyl groups is 1. The molecule has 0 saturated carbocycles. The van der Waals surface area contributed by atoms with E-state index in [0.717, 1.165) is 0 Å². The van der Waals surface area contributed by atoms with Crippen LogP contribution in [0.1, 0.15) is 15.9 Å². The molecule has 0 unspecified atom stereocenters. The molecule has 1 aromatic heterocycles. The zero-order valence-corrected chi connectivity index (χ0v) is 8.69. The van der Waals surface area contributed by atoms with Gasteiger partial charge >= 0.3 is 0 Å². The number of H-pyrrole nitrogens is 1. The van der Waals surface area contributed by atoms with Crippen LogP contribution in [0.3, 0.4) is 0 Å². The van der Waals surface area contributed by atoms with Crippen molar-refractivity contribution in [1.29, 1.82) is 0 Å². The number of phenolic OH excluding ortho intramolecular Hbond substituents is 1. The summed E-state index contributed by atoms with van der Waals surface area (Å²) in [6, 6.07) is 6.34. The first-order valence-electron chi connectivity index (χ1n) is 4.77. The number of benzene rings is 1. The summed E-state index contributed by atoms with van der Waals surface area (Å²) in [4.78, 5) is 11.7. The Bertz CT molecular complexity index is 506. The predicted molar refractivity (Wildman–Crippen MR) is 59.4 cm³/mol. The lowest BCUT2D eigenvalue weighted by atomic mass is 10.1. The second kappa shape index (κ2) is 4.06. The van der Waals surface area contributed by atoms with Crippen molar-refractivity contribution >= 4 is 11.7 Å². The number of aromatic amines is 1. The second-order valence-electron chi connectivity index (χ2n) is 3.43. The molecule has 0 aliphatic heterocycles. The minimum Gasteiger partial charge on any atom is -0.508 e. The fraction of sp³-hybridized carbons (Fsp3) is 0.0909. The number of rotatable bonds is 2. The smallest absolute Gasteiger partial charge is 0.256 e. The van der Waals surface area contributed by atoms with Crippen molar-refractivity contribution in [1.82, 2.24) is 10.2 Å². The largest absolute Gasteiger partial charge is 0.508 e. The standard InChI is InChI=1S/C11H11N3O2/c1-7-6-8(2-3-9(7)15)11(16)13-10-4-5-12-14-10/h2-6,15H,1H3,(H2,12,13,14,16). The Balaban J connectivity index is 2.18. The highest BCUT2D eigenvalue weighted by atomic mass is 16.3. The normalized spacial score (nSPS) is 10.1. The Morgan fingerprint density at radius 2 is 2.25 bits per heavy atom. The number of phenols is 1. The van der Waals surface area contributed by atoms with Crippen LogP contribution < -0.4 is 5.32 Å². The monoisotopic (exact) mass is 217 g/mol. The lowest BCUT2D eigenvalue weighted by Crippen LogP contribution is -2.12. The van der Waals surface area contributed by atoms with Gasteiger partial charge in [0.2, 0.25) is 0 Å². The van der Waals surface area contributed by atoms with Crippen LogP contribution in [0.2, 0.25) is 0 Å². The highest BCUT2D eigenvalue weighted by molar-refractivity contribution is 6.03. The molecule has 0 aliphatic carbocycles. The Morgan fingerprint density at radius 1 is 1.44 bits per heavy atom. The third-order valence-electron chi connectivity index (χ3n) is 2.21. The molecule has 0 aliphatic rings. The summed E-state index contributed by atoms with van der Waals surface area (Å²) in [5.74, 6) is 0.473. The first kappa shape index (κ1) is 10.2. The van der Waals surface area contributed by atoms with Gasteiger partial charge in [-0.15, -0.1) is 0 Å². The van der Waals surface area contributed by atoms with Crippen LogP contribution in [0, 0.1) is 6.92 Å². The first-order valence-corrected chi connectivity index (χ1v) is 4.77. The Hall–Kier alpha value is -2.30. The Morgan fingerprint density at radius 3 is 2.88 bits per heavy atom. The number of carbonyl (C=O) groups is 1. The molecule has 0 fully saturated rings. The van der Waals surface area contributed by atoms with Gasteiger partial charge in [-0.1, -0.05) is 0 Å². The van der Waals surface area contributed by atoms with Crippen molar-refractivity contribution in [3.8, 4) is 5.75 Å². The number of carbonyl (C=O) groups excluding carboxylic acids is 1. The van der Waals surface area contributed by atoms with Crippen molar-refractivity contribution < 1.29 is 9.90 Å². The number of nitrogens with one attached hydrogen (secondary N) is 2. The Labute approximate surface area is 92.1 Å². The van der Waals surface area contributed by atoms with E-state index in [0.29, 0.717) is 16.9 Å². The summed E-state index contributed by atoms with van der Waals surface area (Å²) in [5, 5.41) is 18.3. The zero-order chi connectivity index (χ0) is 11.5. The summed E-state index contributed by atoms with van der Waals surface area (Å²) in [6.07, 6.45) is 1.55. The van der Waals surface area contributed by atoms with Crippen molar-refractivity contribution in [3.63, 3.8) is 0 Å². The number of aryl methyl sites for hydroxylation is 1. The SMILES string of the molecule is Cc1cc(C(=O)Nc2ccn[nH]2)ccc1O. The minimum absolute atomic E-state index is 0.179. The van der Waals surface area contributed by atoms with Gasteiger partial charge in [0.25, 0.3) is 5.91 Å². The maximum Gasteiger partial charge on any atom is 0.256 e. The molecule has 0 spiro atoms. The molecular weight excluding hydrogens is 206 g/mol. The van der Waals surface area contributed by atoms with E-state index in [1.165, 1.54) is 6.07 Å². The average Bonchev–Trinajstić information content (AvgIpc) is 2.74. The Kier molecular flexibility index (Phi) is 2.59. The van der Waals surface area contributed by atoms with Gasteiger partial charge in [0.05, 0.1) is 6.20 Å². The van der Waals surface area contributed by atoms with Crippen molar-refractivity contribution in [3.05, 3.63) is 41.6 Å². The molecule has 0 atom stereocenters. The zero-order valence-electron chi connectivity index (χ0n) is 8.69. The molecule has 1 aromatic carbocycles. The number of hydrogen-bond donors (Lipinski definition) is 3. The van der Waals surface area contributed by atoms with E-state index < -0.39 is 0 Å². The van der Waals surface area contributed by atoms with Gasteiger partial charge in [0, 0.05) is 11.6 Å². The van der Waals surface area contributed by atoms with Crippen LogP contribution in [0.25, 0.3) is 0 Å². The fourth-order valence-corrected chi connectivity index (χ4v) is 1.32. The summed E-state index contributed by atoms with van der Waals surface area (Å²) in [7, 11) is 0. The van der Waals surface area contributed by atoms with Gasteiger partial charge in [-0.2, -0.15) is 5.10 Å². The van der Waals surface area contributed by atoms with Crippen LogP contribution in [0.15, 0.2) is 30.5 Å². The first-order chi connectivity index (χ1) is 7.66. The minimum atomic E-state index is -0.243. The third-order valence-corrected chi connectivity index (χ3v) is 2.21. The summed E-state index contributed by atoms with van der Waals surface area (Å²) >= 11 is 0. The number of hydrogen-bond acceptors (Lipinski definition) is 3. The predicted octanol–water partition coefficient (Wildman–Crippen LogP) is 1.68. The van der Waals surface area contributed by atoms with Crippen molar-refractivity contribution in [2.75, 3.05) is 5.32 Å². The highest BCUT2D eigenvalue weighted by Gasteiger charge is 2.08. The van der Waals surface area contributed by atoms with Gasteiger partial charge in [-0.05, 0) is 30.7 Å². The summed E-state index contributed by atoms with van der Waals surface area (Å²) in [6.45, 7) is 1.74. The molecule has 82 valence electrons. The fourth-order valence-electron chi connectivity index (χ4n) is 1.32. The van der Waals surface area contributed by atoms with E-state index in [9.17, 15) is 9.90 Å². The number of aromatic nitrogens is 2. The maximum absolute atomic E-state index is 11.7. The molecule has 1 amide bonds. The van der Waals surface area contributed by atoms with Crippen LogP contribution in [-0.2, 0) is 0 Å². The molecule has 1 heterocycles. The molecular formula is C11H11N3O2. The molecule has 0 radical (unpaired) electrons. The maximum atomic E-state index is 11.7. The highest BCUT2D eigenvalue weighted by Crippen LogP contribution is 2.17. The van der Waals surface area contributed by atoms with Crippen molar-refractivity contribution in [2.45, 2.75) is 6.92 Å². The molecule has 16 heavy (non-hydrogen) atoms. The van der Waals surface area contributed by atoms with E-state index in [1.807, 2.05) is 0 Å². The van der Waals surface area contributed by atoms with Crippen LogP contribution >= 0.6 is 0 Å². The van der Waals surface area contributed by atoms with Gasteiger partial charge in [0.15, 0.2) is 0 Å². The molecule has 2 aromatic rings. The molecule has 5 nitrogen and oxygen atoms in total. The summed E-state index contributed by atoms with van der Waals surface area (Å²) < 4.78 is 0. The van der Waals surface area contributed by atoms with E-state index in [4.69, 9.17) is 0 Å². The van der Waals surface area contributed by atoms with E-state index in [2.05, 4.69) is 15.5 Å².